The number of hydrogen-bond donors (Lipinski definition) is 0. The van der Waals surface area contributed by atoms with Crippen LogP contribution in [0.1, 0.15) is 90.9 Å². The van der Waals surface area contributed by atoms with Gasteiger partial charge in [0.1, 0.15) is 5.78 Å². The molecule has 0 bridgehead atoms. The fourth-order valence-electron chi connectivity index (χ4n) is 3.59. The van der Waals surface area contributed by atoms with E-state index in [1.165, 1.54) is 0 Å². The molecule has 26 heavy (non-hydrogen) atoms. The fourth-order valence-corrected chi connectivity index (χ4v) is 3.59. The summed E-state index contributed by atoms with van der Waals surface area (Å²) in [6, 6.07) is 0. The highest BCUT2D eigenvalue weighted by Gasteiger charge is 2.34. The minimum Gasteiger partial charge on any atom is -0.466 e. The van der Waals surface area contributed by atoms with E-state index in [9.17, 15) is 14.4 Å². The number of hydrogen-bond acceptors (Lipinski definition) is 5. The third-order valence-electron chi connectivity index (χ3n) is 5.14. The molecule has 0 aromatic heterocycles. The first-order chi connectivity index (χ1) is 12.6. The average molecular weight is 369 g/mol. The lowest BCUT2D eigenvalue weighted by Crippen LogP contribution is -2.21. The van der Waals surface area contributed by atoms with Crippen LogP contribution >= 0.6 is 0 Å². The molecule has 1 rings (SSSR count). The highest BCUT2D eigenvalue weighted by atomic mass is 16.5. The van der Waals surface area contributed by atoms with Crippen molar-refractivity contribution in [3.63, 3.8) is 0 Å². The van der Waals surface area contributed by atoms with Gasteiger partial charge in [-0.3, -0.25) is 14.4 Å². The van der Waals surface area contributed by atoms with E-state index < -0.39 is 0 Å². The number of ketones is 1. The monoisotopic (exact) mass is 368 g/mol. The third kappa shape index (κ3) is 9.35. The summed E-state index contributed by atoms with van der Waals surface area (Å²) in [5.41, 5.74) is 0. The van der Waals surface area contributed by atoms with Gasteiger partial charge in [-0.05, 0) is 32.6 Å². The van der Waals surface area contributed by atoms with Gasteiger partial charge in [0.15, 0.2) is 0 Å². The zero-order chi connectivity index (χ0) is 19.2. The largest absolute Gasteiger partial charge is 0.466 e. The molecule has 0 N–H and O–H groups in total. The molecule has 0 aromatic rings. The third-order valence-corrected chi connectivity index (χ3v) is 5.14. The Hall–Kier alpha value is -1.39. The normalized spacial score (nSPS) is 19.5. The van der Waals surface area contributed by atoms with Crippen LogP contribution in [0.4, 0.5) is 0 Å². The second kappa shape index (κ2) is 13.8. The molecule has 0 heterocycles. The van der Waals surface area contributed by atoms with E-state index in [1.54, 1.807) is 0 Å². The van der Waals surface area contributed by atoms with Gasteiger partial charge in [-0.25, -0.2) is 0 Å². The van der Waals surface area contributed by atoms with Gasteiger partial charge < -0.3 is 9.47 Å². The molecular weight excluding hydrogens is 332 g/mol. The standard InChI is InChI=1S/C21H36O5/c1-3-5-8-12-21(24)26-16-17-14-15-19(22)18(17)11-9-6-7-10-13-20(23)25-4-2/h17-18H,3-16H2,1-2H3/t17?,18-/m1/s1. The number of carbonyl (C=O) groups excluding carboxylic acids is 3. The van der Waals surface area contributed by atoms with Crippen LogP contribution < -0.4 is 0 Å². The fraction of sp³-hybridized carbons (Fsp3) is 0.857. The smallest absolute Gasteiger partial charge is 0.305 e. The van der Waals surface area contributed by atoms with Crippen molar-refractivity contribution in [2.24, 2.45) is 11.8 Å². The molecule has 5 nitrogen and oxygen atoms in total. The molecule has 1 aliphatic rings. The molecule has 0 saturated heterocycles. The first-order valence-electron chi connectivity index (χ1n) is 10.4. The maximum atomic E-state index is 12.1. The number of ether oxygens (including phenoxy) is 2. The quantitative estimate of drug-likeness (QED) is 0.331. The van der Waals surface area contributed by atoms with Crippen LogP contribution in [0, 0.1) is 11.8 Å². The summed E-state index contributed by atoms with van der Waals surface area (Å²) in [4.78, 5) is 35.1. The maximum absolute atomic E-state index is 12.1. The Morgan fingerprint density at radius 2 is 1.58 bits per heavy atom. The topological polar surface area (TPSA) is 69.7 Å². The molecule has 150 valence electrons. The van der Waals surface area contributed by atoms with Crippen LogP contribution in [0.3, 0.4) is 0 Å². The van der Waals surface area contributed by atoms with Crippen molar-refractivity contribution in [3.8, 4) is 0 Å². The van der Waals surface area contributed by atoms with Crippen molar-refractivity contribution in [2.75, 3.05) is 13.2 Å². The van der Waals surface area contributed by atoms with Gasteiger partial charge in [-0.15, -0.1) is 0 Å². The van der Waals surface area contributed by atoms with E-state index in [0.717, 1.165) is 57.8 Å². The highest BCUT2D eigenvalue weighted by molar-refractivity contribution is 5.83. The van der Waals surface area contributed by atoms with Crippen LogP contribution in [-0.2, 0) is 23.9 Å². The van der Waals surface area contributed by atoms with Crippen molar-refractivity contribution in [3.05, 3.63) is 0 Å². The van der Waals surface area contributed by atoms with Crippen molar-refractivity contribution in [1.82, 2.24) is 0 Å². The Kier molecular flexibility index (Phi) is 12.0. The molecule has 0 radical (unpaired) electrons. The SMILES string of the molecule is CCCCCC(=O)OCC1CCC(=O)[C@@H]1CCCCCCC(=O)OCC. The Morgan fingerprint density at radius 1 is 0.923 bits per heavy atom. The minimum atomic E-state index is -0.129. The Balaban J connectivity index is 2.17. The Morgan fingerprint density at radius 3 is 2.27 bits per heavy atom. The second-order valence-corrected chi connectivity index (χ2v) is 7.27. The van der Waals surface area contributed by atoms with Crippen molar-refractivity contribution in [1.29, 1.82) is 0 Å². The number of rotatable bonds is 14. The van der Waals surface area contributed by atoms with Gasteiger partial charge in [0.2, 0.25) is 0 Å². The molecule has 0 aliphatic heterocycles. The van der Waals surface area contributed by atoms with Crippen LogP contribution in [0.15, 0.2) is 0 Å². The molecule has 1 aliphatic carbocycles. The van der Waals surface area contributed by atoms with Gasteiger partial charge in [0.05, 0.1) is 13.2 Å². The molecule has 2 atom stereocenters. The first kappa shape index (κ1) is 22.7. The Labute approximate surface area is 158 Å². The molecule has 1 unspecified atom stereocenters. The zero-order valence-electron chi connectivity index (χ0n) is 16.6. The van der Waals surface area contributed by atoms with E-state index >= 15 is 0 Å². The van der Waals surface area contributed by atoms with Gasteiger partial charge in [0.25, 0.3) is 0 Å². The van der Waals surface area contributed by atoms with Crippen LogP contribution in [0.25, 0.3) is 0 Å². The number of carbonyl (C=O) groups is 3. The van der Waals surface area contributed by atoms with Gasteiger partial charge in [-0.1, -0.05) is 39.0 Å². The summed E-state index contributed by atoms with van der Waals surface area (Å²) >= 11 is 0. The minimum absolute atomic E-state index is 0.0449. The number of esters is 2. The maximum Gasteiger partial charge on any atom is 0.305 e. The van der Waals surface area contributed by atoms with Crippen molar-refractivity contribution < 1.29 is 23.9 Å². The van der Waals surface area contributed by atoms with Crippen LogP contribution in [-0.4, -0.2) is 30.9 Å². The van der Waals surface area contributed by atoms with E-state index in [-0.39, 0.29) is 23.8 Å². The molecule has 0 aromatic carbocycles. The summed E-state index contributed by atoms with van der Waals surface area (Å²) in [7, 11) is 0. The van der Waals surface area contributed by atoms with Gasteiger partial charge in [0, 0.05) is 31.1 Å². The lowest BCUT2D eigenvalue weighted by atomic mass is 9.90. The summed E-state index contributed by atoms with van der Waals surface area (Å²) < 4.78 is 10.3. The van der Waals surface area contributed by atoms with Crippen LogP contribution in [0.2, 0.25) is 0 Å². The molecule has 1 fully saturated rings. The van der Waals surface area contributed by atoms with Gasteiger partial charge >= 0.3 is 11.9 Å². The lowest BCUT2D eigenvalue weighted by Gasteiger charge is -2.18. The number of Topliss-reactive ketones (excluding diaryl/α,β-unsaturated/α-hetero) is 1. The predicted molar refractivity (Wildman–Crippen MR) is 101 cm³/mol. The molecule has 0 spiro atoms. The first-order valence-corrected chi connectivity index (χ1v) is 10.4. The van der Waals surface area contributed by atoms with Crippen LogP contribution in [0.5, 0.6) is 0 Å². The average Bonchev–Trinajstić information content (AvgIpc) is 2.96. The van der Waals surface area contributed by atoms with E-state index in [0.29, 0.717) is 38.3 Å². The predicted octanol–water partition coefficient (Wildman–Crippen LogP) is 4.61. The number of unbranched alkanes of at least 4 members (excludes halogenated alkanes) is 5. The summed E-state index contributed by atoms with van der Waals surface area (Å²) in [5, 5.41) is 0. The second-order valence-electron chi connectivity index (χ2n) is 7.27. The summed E-state index contributed by atoms with van der Waals surface area (Å²) in [6.07, 6.45) is 10.2. The molecule has 1 saturated carbocycles. The van der Waals surface area contributed by atoms with Crippen molar-refractivity contribution in [2.45, 2.75) is 90.9 Å². The summed E-state index contributed by atoms with van der Waals surface area (Å²) in [6.45, 7) is 4.75. The van der Waals surface area contributed by atoms with Crippen molar-refractivity contribution >= 4 is 17.7 Å². The molecule has 5 heteroatoms. The van der Waals surface area contributed by atoms with Gasteiger partial charge in [-0.2, -0.15) is 0 Å². The van der Waals surface area contributed by atoms with E-state index in [4.69, 9.17) is 9.47 Å². The molecule has 0 amide bonds. The zero-order valence-corrected chi connectivity index (χ0v) is 16.6. The lowest BCUT2D eigenvalue weighted by molar-refractivity contribution is -0.146. The molecular formula is C21H36O5. The Bertz CT molecular complexity index is 432. The van der Waals surface area contributed by atoms with E-state index in [1.807, 2.05) is 6.92 Å². The summed E-state index contributed by atoms with van der Waals surface area (Å²) in [5.74, 6) is 0.305. The van der Waals surface area contributed by atoms with E-state index in [2.05, 4.69) is 6.92 Å². The highest BCUT2D eigenvalue weighted by Crippen LogP contribution is 2.33.